The Bertz CT molecular complexity index is 676. The highest BCUT2D eigenvalue weighted by molar-refractivity contribution is 8.00. The first-order chi connectivity index (χ1) is 10.1. The molecule has 1 aliphatic carbocycles. The zero-order chi connectivity index (χ0) is 15.0. The van der Waals surface area contributed by atoms with Gasteiger partial charge in [-0.25, -0.2) is 14.8 Å². The van der Waals surface area contributed by atoms with Crippen molar-refractivity contribution in [2.75, 3.05) is 0 Å². The summed E-state index contributed by atoms with van der Waals surface area (Å²) in [6.45, 7) is 4.17. The molecule has 3 rings (SSSR count). The van der Waals surface area contributed by atoms with Gasteiger partial charge in [0.2, 0.25) is 0 Å². The number of carboxylic acids is 1. The molecular formula is C15H18N2O2S2. The van der Waals surface area contributed by atoms with Crippen molar-refractivity contribution < 1.29 is 9.90 Å². The van der Waals surface area contributed by atoms with Gasteiger partial charge in [-0.2, -0.15) is 0 Å². The fraction of sp³-hybridized carbons (Fsp3) is 0.533. The standard InChI is InChI=1S/C15H18N2O2S2/c1-8-3-5-10(6-4-8)20-13-11-9(2)12(15(18)19)21-14(11)17-7-16-13/h7-8,10H,3-6H2,1-2H3,(H,18,19). The van der Waals surface area contributed by atoms with Crippen LogP contribution in [0.3, 0.4) is 0 Å². The monoisotopic (exact) mass is 322 g/mol. The maximum absolute atomic E-state index is 11.3. The lowest BCUT2D eigenvalue weighted by atomic mass is 9.91. The van der Waals surface area contributed by atoms with Crippen molar-refractivity contribution in [1.82, 2.24) is 9.97 Å². The Morgan fingerprint density at radius 2 is 2.05 bits per heavy atom. The van der Waals surface area contributed by atoms with Crippen molar-refractivity contribution >= 4 is 39.3 Å². The van der Waals surface area contributed by atoms with Crippen LogP contribution in [-0.2, 0) is 0 Å². The number of aromatic carboxylic acids is 1. The van der Waals surface area contributed by atoms with Crippen LogP contribution in [0.2, 0.25) is 0 Å². The lowest BCUT2D eigenvalue weighted by molar-refractivity contribution is 0.0701. The molecule has 0 amide bonds. The minimum atomic E-state index is -0.877. The Morgan fingerprint density at radius 3 is 2.71 bits per heavy atom. The minimum absolute atomic E-state index is 0.379. The number of rotatable bonds is 3. The molecule has 0 atom stereocenters. The molecule has 0 saturated heterocycles. The van der Waals surface area contributed by atoms with Crippen LogP contribution >= 0.6 is 23.1 Å². The van der Waals surface area contributed by atoms with Crippen molar-refractivity contribution in [2.45, 2.75) is 49.8 Å². The van der Waals surface area contributed by atoms with Crippen LogP contribution in [0.25, 0.3) is 10.2 Å². The molecule has 1 fully saturated rings. The number of thiophene rings is 1. The number of carbonyl (C=O) groups is 1. The third-order valence-corrected chi connectivity index (χ3v) is 6.65. The summed E-state index contributed by atoms with van der Waals surface area (Å²) in [5.74, 6) is -0.0493. The average molecular weight is 322 g/mol. The lowest BCUT2D eigenvalue weighted by Gasteiger charge is -2.25. The predicted octanol–water partition coefficient (Wildman–Crippen LogP) is 4.37. The van der Waals surface area contributed by atoms with Crippen LogP contribution in [0.15, 0.2) is 11.4 Å². The largest absolute Gasteiger partial charge is 0.477 e. The van der Waals surface area contributed by atoms with E-state index in [-0.39, 0.29) is 0 Å². The zero-order valence-corrected chi connectivity index (χ0v) is 13.8. The molecule has 0 spiro atoms. The van der Waals surface area contributed by atoms with E-state index in [1.54, 1.807) is 18.1 Å². The first kappa shape index (κ1) is 14.8. The molecule has 0 aliphatic heterocycles. The third kappa shape index (κ3) is 2.92. The number of carboxylic acid groups (broad SMARTS) is 1. The molecule has 4 nitrogen and oxygen atoms in total. The van der Waals surface area contributed by atoms with Gasteiger partial charge < -0.3 is 5.11 Å². The molecule has 1 N–H and O–H groups in total. The van der Waals surface area contributed by atoms with Gasteiger partial charge in [-0.05, 0) is 44.1 Å². The van der Waals surface area contributed by atoms with Crippen LogP contribution < -0.4 is 0 Å². The highest BCUT2D eigenvalue weighted by Gasteiger charge is 2.23. The topological polar surface area (TPSA) is 63.1 Å². The summed E-state index contributed by atoms with van der Waals surface area (Å²) >= 11 is 3.04. The zero-order valence-electron chi connectivity index (χ0n) is 12.1. The molecule has 0 aromatic carbocycles. The van der Waals surface area contributed by atoms with Gasteiger partial charge in [-0.15, -0.1) is 23.1 Å². The molecule has 0 bridgehead atoms. The molecule has 2 aromatic heterocycles. The van der Waals surface area contributed by atoms with Crippen molar-refractivity contribution in [2.24, 2.45) is 5.92 Å². The molecule has 1 saturated carbocycles. The van der Waals surface area contributed by atoms with E-state index < -0.39 is 5.97 Å². The van der Waals surface area contributed by atoms with Crippen LogP contribution in [0, 0.1) is 12.8 Å². The van der Waals surface area contributed by atoms with E-state index in [4.69, 9.17) is 0 Å². The number of nitrogens with zero attached hydrogens (tertiary/aromatic N) is 2. The van der Waals surface area contributed by atoms with Crippen LogP contribution in [-0.4, -0.2) is 26.3 Å². The highest BCUT2D eigenvalue weighted by atomic mass is 32.2. The summed E-state index contributed by atoms with van der Waals surface area (Å²) in [5, 5.41) is 11.7. The Kier molecular flexibility index (Phi) is 4.17. The van der Waals surface area contributed by atoms with Crippen molar-refractivity contribution in [3.8, 4) is 0 Å². The Balaban J connectivity index is 1.93. The molecule has 112 valence electrons. The second-order valence-corrected chi connectivity index (χ2v) is 8.01. The Morgan fingerprint density at radius 1 is 1.33 bits per heavy atom. The second-order valence-electron chi connectivity index (χ2n) is 5.72. The number of aryl methyl sites for hydroxylation is 1. The van der Waals surface area contributed by atoms with E-state index in [0.29, 0.717) is 10.1 Å². The summed E-state index contributed by atoms with van der Waals surface area (Å²) < 4.78 is 0. The molecule has 2 heterocycles. The van der Waals surface area contributed by atoms with E-state index in [2.05, 4.69) is 16.9 Å². The molecule has 6 heteroatoms. The van der Waals surface area contributed by atoms with Crippen molar-refractivity contribution in [1.29, 1.82) is 0 Å². The van der Waals surface area contributed by atoms with Crippen LogP contribution in [0.4, 0.5) is 0 Å². The first-order valence-electron chi connectivity index (χ1n) is 7.20. The van der Waals surface area contributed by atoms with E-state index >= 15 is 0 Å². The van der Waals surface area contributed by atoms with E-state index in [1.165, 1.54) is 37.0 Å². The smallest absolute Gasteiger partial charge is 0.346 e. The lowest BCUT2D eigenvalue weighted by Crippen LogP contribution is -2.14. The molecule has 0 radical (unpaired) electrons. The van der Waals surface area contributed by atoms with Gasteiger partial charge in [0.15, 0.2) is 0 Å². The SMILES string of the molecule is Cc1c(C(=O)O)sc2ncnc(SC3CCC(C)CC3)c12. The van der Waals surface area contributed by atoms with Gasteiger partial charge in [-0.3, -0.25) is 0 Å². The van der Waals surface area contributed by atoms with E-state index in [1.807, 2.05) is 6.92 Å². The van der Waals surface area contributed by atoms with Crippen LogP contribution in [0.1, 0.15) is 47.8 Å². The van der Waals surface area contributed by atoms with Gasteiger partial charge in [-0.1, -0.05) is 6.92 Å². The number of aromatic nitrogens is 2. The number of hydrogen-bond acceptors (Lipinski definition) is 5. The summed E-state index contributed by atoms with van der Waals surface area (Å²) in [7, 11) is 0. The van der Waals surface area contributed by atoms with E-state index in [9.17, 15) is 9.90 Å². The molecule has 1 aliphatic rings. The maximum Gasteiger partial charge on any atom is 0.346 e. The van der Waals surface area contributed by atoms with Gasteiger partial charge in [0.25, 0.3) is 0 Å². The highest BCUT2D eigenvalue weighted by Crippen LogP contribution is 2.40. The van der Waals surface area contributed by atoms with E-state index in [0.717, 1.165) is 26.7 Å². The fourth-order valence-electron chi connectivity index (χ4n) is 2.84. The second kappa shape index (κ2) is 5.93. The predicted molar refractivity (Wildman–Crippen MR) is 86.4 cm³/mol. The molecular weight excluding hydrogens is 304 g/mol. The molecule has 21 heavy (non-hydrogen) atoms. The molecule has 2 aromatic rings. The first-order valence-corrected chi connectivity index (χ1v) is 8.90. The normalized spacial score (nSPS) is 22.6. The fourth-order valence-corrected chi connectivity index (χ4v) is 5.19. The number of hydrogen-bond donors (Lipinski definition) is 1. The average Bonchev–Trinajstić information content (AvgIpc) is 2.80. The Hall–Kier alpha value is -1.14. The number of thioether (sulfide) groups is 1. The van der Waals surface area contributed by atoms with Crippen molar-refractivity contribution in [3.05, 3.63) is 16.8 Å². The minimum Gasteiger partial charge on any atom is -0.477 e. The summed E-state index contributed by atoms with van der Waals surface area (Å²) in [6, 6.07) is 0. The summed E-state index contributed by atoms with van der Waals surface area (Å²) in [6.07, 6.45) is 6.53. The quantitative estimate of drug-likeness (QED) is 0.850. The van der Waals surface area contributed by atoms with Gasteiger partial charge in [0.1, 0.15) is 21.1 Å². The van der Waals surface area contributed by atoms with Gasteiger partial charge >= 0.3 is 5.97 Å². The Labute approximate surface area is 132 Å². The van der Waals surface area contributed by atoms with Gasteiger partial charge in [0, 0.05) is 10.6 Å². The van der Waals surface area contributed by atoms with Crippen molar-refractivity contribution in [3.63, 3.8) is 0 Å². The maximum atomic E-state index is 11.3. The van der Waals surface area contributed by atoms with Gasteiger partial charge in [0.05, 0.1) is 0 Å². The third-order valence-electron chi connectivity index (χ3n) is 4.13. The molecule has 0 unspecified atom stereocenters. The summed E-state index contributed by atoms with van der Waals surface area (Å²) in [4.78, 5) is 21.1. The summed E-state index contributed by atoms with van der Waals surface area (Å²) in [5.41, 5.74) is 0.801. The van der Waals surface area contributed by atoms with Crippen LogP contribution in [0.5, 0.6) is 0 Å². The number of fused-ring (bicyclic) bond motifs is 1.